The number of H-pyrrole nitrogens is 1. The summed E-state index contributed by atoms with van der Waals surface area (Å²) >= 11 is 5.38. The standard InChI is InChI=1S/C21H29N5O2S/c1-14(2)20(28)22-17-8-5-10-25(13-17)18(27)9-11-26-19(23-24-21(26)29)16-7-4-6-15(3)12-16/h4,6-7,12,14,17H,5,8-11,13H2,1-3H3,(H,22,28)(H,24,29). The first kappa shape index (κ1) is 21.2. The fourth-order valence-electron chi connectivity index (χ4n) is 3.58. The Morgan fingerprint density at radius 2 is 2.17 bits per heavy atom. The normalized spacial score (nSPS) is 16.8. The Kier molecular flexibility index (Phi) is 6.84. The number of aryl methyl sites for hydroxylation is 1. The Labute approximate surface area is 176 Å². The minimum Gasteiger partial charge on any atom is -0.351 e. The van der Waals surface area contributed by atoms with Crippen molar-refractivity contribution in [2.24, 2.45) is 5.92 Å². The van der Waals surface area contributed by atoms with Crippen LogP contribution in [0.1, 0.15) is 38.7 Å². The SMILES string of the molecule is Cc1cccc(-c2n[nH]c(=S)n2CCC(=O)N2CCCC(NC(=O)C(C)C)C2)c1. The first-order chi connectivity index (χ1) is 13.8. The van der Waals surface area contributed by atoms with Crippen LogP contribution in [0.4, 0.5) is 0 Å². The first-order valence-electron chi connectivity index (χ1n) is 10.2. The highest BCUT2D eigenvalue weighted by Crippen LogP contribution is 2.19. The third-order valence-electron chi connectivity index (χ3n) is 5.23. The van der Waals surface area contributed by atoms with Crippen LogP contribution in [-0.2, 0) is 16.1 Å². The van der Waals surface area contributed by atoms with Crippen LogP contribution >= 0.6 is 12.2 Å². The molecule has 1 aromatic heterocycles. The highest BCUT2D eigenvalue weighted by atomic mass is 32.1. The summed E-state index contributed by atoms with van der Waals surface area (Å²) in [6, 6.07) is 8.08. The number of rotatable bonds is 6. The number of piperidine rings is 1. The van der Waals surface area contributed by atoms with Crippen LogP contribution in [0.5, 0.6) is 0 Å². The molecule has 7 nitrogen and oxygen atoms in total. The number of benzene rings is 1. The number of hydrogen-bond acceptors (Lipinski definition) is 4. The molecule has 1 saturated heterocycles. The van der Waals surface area contributed by atoms with Gasteiger partial charge in [-0.3, -0.25) is 19.3 Å². The van der Waals surface area contributed by atoms with Crippen LogP contribution in [0, 0.1) is 17.6 Å². The van der Waals surface area contributed by atoms with E-state index in [0.29, 0.717) is 24.3 Å². The van der Waals surface area contributed by atoms with Crippen molar-refractivity contribution in [2.75, 3.05) is 13.1 Å². The van der Waals surface area contributed by atoms with Gasteiger partial charge >= 0.3 is 0 Å². The topological polar surface area (TPSA) is 83.0 Å². The van der Waals surface area contributed by atoms with Gasteiger partial charge in [0.25, 0.3) is 0 Å². The van der Waals surface area contributed by atoms with Crippen LogP contribution in [0.2, 0.25) is 0 Å². The quantitative estimate of drug-likeness (QED) is 0.711. The van der Waals surface area contributed by atoms with Crippen LogP contribution < -0.4 is 5.32 Å². The van der Waals surface area contributed by atoms with Crippen LogP contribution in [0.3, 0.4) is 0 Å². The number of amides is 2. The predicted molar refractivity (Wildman–Crippen MR) is 115 cm³/mol. The molecule has 29 heavy (non-hydrogen) atoms. The fourth-order valence-corrected chi connectivity index (χ4v) is 3.81. The molecule has 3 rings (SSSR count). The molecule has 0 aliphatic carbocycles. The molecule has 2 amide bonds. The maximum atomic E-state index is 12.8. The lowest BCUT2D eigenvalue weighted by Gasteiger charge is -2.33. The summed E-state index contributed by atoms with van der Waals surface area (Å²) in [7, 11) is 0. The zero-order chi connectivity index (χ0) is 21.0. The Balaban J connectivity index is 1.63. The van der Waals surface area contributed by atoms with Crippen molar-refractivity contribution < 1.29 is 9.59 Å². The summed E-state index contributed by atoms with van der Waals surface area (Å²) in [5, 5.41) is 10.2. The fraction of sp³-hybridized carbons (Fsp3) is 0.524. The number of nitrogens with one attached hydrogen (secondary N) is 2. The molecule has 156 valence electrons. The molecule has 1 unspecified atom stereocenters. The average Bonchev–Trinajstić information content (AvgIpc) is 3.06. The molecule has 1 atom stereocenters. The molecule has 1 aromatic carbocycles. The molecule has 0 spiro atoms. The second-order valence-corrected chi connectivity index (χ2v) is 8.35. The summed E-state index contributed by atoms with van der Waals surface area (Å²) in [4.78, 5) is 26.6. The molecule has 1 aliphatic rings. The Bertz CT molecular complexity index is 933. The largest absolute Gasteiger partial charge is 0.351 e. The minimum atomic E-state index is -0.0518. The van der Waals surface area contributed by atoms with Crippen molar-refractivity contribution >= 4 is 24.0 Å². The molecule has 8 heteroatoms. The minimum absolute atomic E-state index is 0.0292. The van der Waals surface area contributed by atoms with Gasteiger partial charge in [0.1, 0.15) is 0 Å². The summed E-state index contributed by atoms with van der Waals surface area (Å²) in [5.74, 6) is 0.805. The van der Waals surface area contributed by atoms with Gasteiger partial charge < -0.3 is 10.2 Å². The van der Waals surface area contributed by atoms with Crippen molar-refractivity contribution in [1.29, 1.82) is 0 Å². The van der Waals surface area contributed by atoms with E-state index in [9.17, 15) is 9.59 Å². The van der Waals surface area contributed by atoms with Crippen molar-refractivity contribution in [3.63, 3.8) is 0 Å². The van der Waals surface area contributed by atoms with Gasteiger partial charge in [0.2, 0.25) is 11.8 Å². The number of likely N-dealkylation sites (tertiary alicyclic amines) is 1. The molecule has 2 heterocycles. The van der Waals surface area contributed by atoms with Gasteiger partial charge in [0, 0.05) is 43.6 Å². The molecule has 0 bridgehead atoms. The Morgan fingerprint density at radius 3 is 2.90 bits per heavy atom. The number of nitrogens with zero attached hydrogens (tertiary/aromatic N) is 3. The van der Waals surface area contributed by atoms with E-state index in [-0.39, 0.29) is 23.8 Å². The zero-order valence-corrected chi connectivity index (χ0v) is 18.1. The molecule has 0 radical (unpaired) electrons. The second kappa shape index (κ2) is 9.35. The van der Waals surface area contributed by atoms with Crippen molar-refractivity contribution in [3.05, 3.63) is 34.6 Å². The number of aromatic nitrogens is 3. The molecule has 1 fully saturated rings. The molecular weight excluding hydrogens is 386 g/mol. The van der Waals surface area contributed by atoms with Gasteiger partial charge in [0.15, 0.2) is 10.6 Å². The van der Waals surface area contributed by atoms with Crippen LogP contribution in [0.25, 0.3) is 11.4 Å². The van der Waals surface area contributed by atoms with Gasteiger partial charge in [-0.2, -0.15) is 5.10 Å². The van der Waals surface area contributed by atoms with Crippen molar-refractivity contribution in [3.8, 4) is 11.4 Å². The highest BCUT2D eigenvalue weighted by molar-refractivity contribution is 7.71. The van der Waals surface area contributed by atoms with E-state index in [4.69, 9.17) is 12.2 Å². The average molecular weight is 416 g/mol. The lowest BCUT2D eigenvalue weighted by Crippen LogP contribution is -2.50. The van der Waals surface area contributed by atoms with E-state index in [2.05, 4.69) is 21.6 Å². The Morgan fingerprint density at radius 1 is 1.38 bits per heavy atom. The molecule has 2 aromatic rings. The van der Waals surface area contributed by atoms with Gasteiger partial charge in [-0.15, -0.1) is 0 Å². The van der Waals surface area contributed by atoms with Crippen LogP contribution in [0.15, 0.2) is 24.3 Å². The molecule has 0 saturated carbocycles. The predicted octanol–water partition coefficient (Wildman–Crippen LogP) is 3.07. The third-order valence-corrected chi connectivity index (χ3v) is 5.54. The van der Waals surface area contributed by atoms with Crippen LogP contribution in [-0.4, -0.2) is 50.6 Å². The number of carbonyl (C=O) groups excluding carboxylic acids is 2. The van der Waals surface area contributed by atoms with Gasteiger partial charge in [0.05, 0.1) is 0 Å². The van der Waals surface area contributed by atoms with Gasteiger partial charge in [-0.25, -0.2) is 0 Å². The maximum Gasteiger partial charge on any atom is 0.224 e. The number of aromatic amines is 1. The number of hydrogen-bond donors (Lipinski definition) is 2. The van der Waals surface area contributed by atoms with E-state index in [1.807, 2.05) is 48.4 Å². The van der Waals surface area contributed by atoms with E-state index in [1.165, 1.54) is 0 Å². The van der Waals surface area contributed by atoms with Crippen molar-refractivity contribution in [1.82, 2.24) is 25.0 Å². The lowest BCUT2D eigenvalue weighted by molar-refractivity contribution is -0.134. The Hall–Kier alpha value is -2.48. The summed E-state index contributed by atoms with van der Waals surface area (Å²) < 4.78 is 2.39. The van der Waals surface area contributed by atoms with E-state index < -0.39 is 0 Å². The van der Waals surface area contributed by atoms with E-state index >= 15 is 0 Å². The smallest absolute Gasteiger partial charge is 0.224 e. The second-order valence-electron chi connectivity index (χ2n) is 7.97. The van der Waals surface area contributed by atoms with E-state index in [0.717, 1.165) is 36.3 Å². The van der Waals surface area contributed by atoms with Gasteiger partial charge in [-0.05, 0) is 38.0 Å². The summed E-state index contributed by atoms with van der Waals surface area (Å²) in [6.45, 7) is 7.55. The zero-order valence-electron chi connectivity index (χ0n) is 17.3. The summed E-state index contributed by atoms with van der Waals surface area (Å²) in [5.41, 5.74) is 2.11. The lowest BCUT2D eigenvalue weighted by atomic mass is 10.0. The molecule has 2 N–H and O–H groups in total. The van der Waals surface area contributed by atoms with Crippen molar-refractivity contribution in [2.45, 2.75) is 52.6 Å². The molecular formula is C21H29N5O2S. The first-order valence-corrected chi connectivity index (χ1v) is 10.6. The number of carbonyl (C=O) groups is 2. The highest BCUT2D eigenvalue weighted by Gasteiger charge is 2.25. The maximum absolute atomic E-state index is 12.8. The summed E-state index contributed by atoms with van der Waals surface area (Å²) in [6.07, 6.45) is 2.15. The monoisotopic (exact) mass is 415 g/mol. The molecule has 1 aliphatic heterocycles. The van der Waals surface area contributed by atoms with E-state index in [1.54, 1.807) is 0 Å². The third kappa shape index (κ3) is 5.32. The van der Waals surface area contributed by atoms with Gasteiger partial charge in [-0.1, -0.05) is 37.6 Å².